The molecule has 0 heterocycles. The van der Waals surface area contributed by atoms with Crippen LogP contribution in [0.25, 0.3) is 0 Å². The summed E-state index contributed by atoms with van der Waals surface area (Å²) in [5, 5.41) is 0. The molecule has 0 fully saturated rings. The monoisotopic (exact) mass is 490 g/mol. The maximum Gasteiger partial charge on any atom is 0.0585 e. The van der Waals surface area contributed by atoms with Crippen LogP contribution >= 0.6 is 0 Å². The molecule has 0 N–H and O–H groups in total. The van der Waals surface area contributed by atoms with Gasteiger partial charge in [0.15, 0.2) is 0 Å². The van der Waals surface area contributed by atoms with Gasteiger partial charge in [-0.15, -0.1) is 0 Å². The van der Waals surface area contributed by atoms with Crippen molar-refractivity contribution in [3.05, 3.63) is 59.7 Å². The first-order valence-electron chi connectivity index (χ1n) is 14.4. The molecule has 2 aromatic carbocycles. The van der Waals surface area contributed by atoms with E-state index in [-0.39, 0.29) is 0 Å². The van der Waals surface area contributed by atoms with Crippen LogP contribution in [0.4, 0.5) is 11.4 Å². The predicted octanol–water partition coefficient (Wildman–Crippen LogP) is 8.04. The van der Waals surface area contributed by atoms with Gasteiger partial charge in [0.05, 0.1) is 13.1 Å². The molecule has 4 heteroatoms. The van der Waals surface area contributed by atoms with Crippen LogP contribution < -0.4 is 9.80 Å². The average Bonchev–Trinajstić information content (AvgIpc) is 2.92. The van der Waals surface area contributed by atoms with Crippen LogP contribution in [-0.4, -0.2) is 51.7 Å². The summed E-state index contributed by atoms with van der Waals surface area (Å²) in [6.45, 7) is 15.0. The number of hydrogen-bond acceptors (Lipinski definition) is 4. The number of unbranched alkanes of at least 4 members (excludes halogenated alkanes) is 4. The lowest BCUT2D eigenvalue weighted by atomic mass is 10.2. The van der Waals surface area contributed by atoms with Crippen molar-refractivity contribution in [2.45, 2.75) is 79.1 Å². The molecule has 0 amide bonds. The second-order valence-electron chi connectivity index (χ2n) is 9.64. The van der Waals surface area contributed by atoms with Crippen molar-refractivity contribution >= 4 is 23.8 Å². The standard InChI is InChI=1S/C32H50N4/c1-5-9-23-35(24-10-6-2)31-17-13-29(14-18-31)27-33-21-22-34-28-30-15-19-32(20-16-30)36(25-11-7-3)26-12-8-4/h13-20,27-28H,5-12,21-26H2,1-4H3/b33-27+,34-28+. The lowest BCUT2D eigenvalue weighted by Gasteiger charge is -2.24. The van der Waals surface area contributed by atoms with Crippen molar-refractivity contribution in [3.8, 4) is 0 Å². The van der Waals surface area contributed by atoms with Crippen molar-refractivity contribution in [1.82, 2.24) is 0 Å². The zero-order valence-corrected chi connectivity index (χ0v) is 23.5. The van der Waals surface area contributed by atoms with Gasteiger partial charge in [0.1, 0.15) is 0 Å². The molecule has 0 atom stereocenters. The Kier molecular flexibility index (Phi) is 15.3. The first-order valence-corrected chi connectivity index (χ1v) is 14.4. The third-order valence-corrected chi connectivity index (χ3v) is 6.48. The summed E-state index contributed by atoms with van der Waals surface area (Å²) in [6, 6.07) is 17.7. The molecule has 2 rings (SSSR count). The highest BCUT2D eigenvalue weighted by molar-refractivity contribution is 5.81. The van der Waals surface area contributed by atoms with Gasteiger partial charge < -0.3 is 9.80 Å². The SMILES string of the molecule is CCCCN(CCCC)c1ccc(/C=N/CC/N=C/c2ccc(N(CCCC)CCCC)cc2)cc1. The van der Waals surface area contributed by atoms with Crippen LogP contribution in [0.2, 0.25) is 0 Å². The van der Waals surface area contributed by atoms with E-state index in [1.807, 2.05) is 12.4 Å². The maximum atomic E-state index is 4.58. The van der Waals surface area contributed by atoms with Gasteiger partial charge in [-0.05, 0) is 61.1 Å². The minimum atomic E-state index is 0.706. The van der Waals surface area contributed by atoms with Crippen molar-refractivity contribution in [2.24, 2.45) is 9.98 Å². The Balaban J connectivity index is 1.81. The molecule has 0 aliphatic heterocycles. The second-order valence-corrected chi connectivity index (χ2v) is 9.64. The smallest absolute Gasteiger partial charge is 0.0585 e. The Labute approximate surface area is 221 Å². The normalized spacial score (nSPS) is 11.6. The van der Waals surface area contributed by atoms with Gasteiger partial charge in [0.2, 0.25) is 0 Å². The molecule has 36 heavy (non-hydrogen) atoms. The molecule has 0 saturated carbocycles. The molecule has 198 valence electrons. The number of aliphatic imine (C=N–C) groups is 2. The summed E-state index contributed by atoms with van der Waals surface area (Å²) in [7, 11) is 0. The van der Waals surface area contributed by atoms with Gasteiger partial charge in [-0.3, -0.25) is 9.98 Å². The van der Waals surface area contributed by atoms with Crippen molar-refractivity contribution in [3.63, 3.8) is 0 Å². The minimum absolute atomic E-state index is 0.706. The zero-order chi connectivity index (χ0) is 25.8. The summed E-state index contributed by atoms with van der Waals surface area (Å²) in [6.07, 6.45) is 13.9. The average molecular weight is 491 g/mol. The molecular weight excluding hydrogens is 440 g/mol. The maximum absolute atomic E-state index is 4.58. The van der Waals surface area contributed by atoms with Crippen LogP contribution in [0, 0.1) is 0 Å². The highest BCUT2D eigenvalue weighted by Crippen LogP contribution is 2.18. The minimum Gasteiger partial charge on any atom is -0.372 e. The highest BCUT2D eigenvalue weighted by Gasteiger charge is 2.06. The van der Waals surface area contributed by atoms with Crippen LogP contribution in [0.3, 0.4) is 0 Å². The summed E-state index contributed by atoms with van der Waals surface area (Å²) in [5.41, 5.74) is 4.95. The summed E-state index contributed by atoms with van der Waals surface area (Å²) in [4.78, 5) is 14.2. The van der Waals surface area contributed by atoms with Gasteiger partial charge in [-0.1, -0.05) is 77.6 Å². The van der Waals surface area contributed by atoms with E-state index in [4.69, 9.17) is 0 Å². The lowest BCUT2D eigenvalue weighted by molar-refractivity contribution is 0.678. The second kappa shape index (κ2) is 18.6. The van der Waals surface area contributed by atoms with Gasteiger partial charge in [-0.25, -0.2) is 0 Å². The third kappa shape index (κ3) is 11.4. The molecule has 2 aromatic rings. The van der Waals surface area contributed by atoms with Crippen LogP contribution in [0.15, 0.2) is 58.5 Å². The van der Waals surface area contributed by atoms with E-state index >= 15 is 0 Å². The summed E-state index contributed by atoms with van der Waals surface area (Å²) < 4.78 is 0. The molecule has 0 aliphatic carbocycles. The molecule has 0 bridgehead atoms. The van der Waals surface area contributed by atoms with Crippen LogP contribution in [-0.2, 0) is 0 Å². The van der Waals surface area contributed by atoms with Gasteiger partial charge in [-0.2, -0.15) is 0 Å². The number of hydrogen-bond donors (Lipinski definition) is 0. The van der Waals surface area contributed by atoms with Gasteiger partial charge in [0, 0.05) is 50.0 Å². The summed E-state index contributed by atoms with van der Waals surface area (Å²) >= 11 is 0. The fourth-order valence-corrected chi connectivity index (χ4v) is 4.13. The first-order chi connectivity index (χ1) is 17.7. The topological polar surface area (TPSA) is 31.2 Å². The molecular formula is C32H50N4. The van der Waals surface area contributed by atoms with E-state index in [2.05, 4.69) is 96.0 Å². The molecule has 0 aromatic heterocycles. The van der Waals surface area contributed by atoms with Crippen molar-refractivity contribution < 1.29 is 0 Å². The Morgan fingerprint density at radius 3 is 1.08 bits per heavy atom. The number of benzene rings is 2. The molecule has 0 radical (unpaired) electrons. The predicted molar refractivity (Wildman–Crippen MR) is 162 cm³/mol. The van der Waals surface area contributed by atoms with Gasteiger partial charge in [0.25, 0.3) is 0 Å². The van der Waals surface area contributed by atoms with Gasteiger partial charge >= 0.3 is 0 Å². The Morgan fingerprint density at radius 2 is 0.806 bits per heavy atom. The van der Waals surface area contributed by atoms with E-state index in [1.165, 1.54) is 62.7 Å². The quantitative estimate of drug-likeness (QED) is 0.147. The van der Waals surface area contributed by atoms with Crippen molar-refractivity contribution in [2.75, 3.05) is 49.1 Å². The van der Waals surface area contributed by atoms with E-state index in [0.717, 1.165) is 37.3 Å². The third-order valence-electron chi connectivity index (χ3n) is 6.48. The van der Waals surface area contributed by atoms with E-state index in [1.54, 1.807) is 0 Å². The van der Waals surface area contributed by atoms with Crippen LogP contribution in [0.5, 0.6) is 0 Å². The molecule has 0 spiro atoms. The van der Waals surface area contributed by atoms with E-state index in [9.17, 15) is 0 Å². The lowest BCUT2D eigenvalue weighted by Crippen LogP contribution is -2.25. The zero-order valence-electron chi connectivity index (χ0n) is 23.5. The van der Waals surface area contributed by atoms with Crippen molar-refractivity contribution in [1.29, 1.82) is 0 Å². The summed E-state index contributed by atoms with van der Waals surface area (Å²) in [5.74, 6) is 0. The first kappa shape index (κ1) is 29.6. The highest BCUT2D eigenvalue weighted by atomic mass is 15.1. The largest absolute Gasteiger partial charge is 0.372 e. The van der Waals surface area contributed by atoms with Crippen LogP contribution in [0.1, 0.15) is 90.2 Å². The fraction of sp³-hybridized carbons (Fsp3) is 0.562. The van der Waals surface area contributed by atoms with E-state index in [0.29, 0.717) is 13.1 Å². The number of nitrogens with zero attached hydrogens (tertiary/aromatic N) is 4. The molecule has 0 aliphatic rings. The Bertz CT molecular complexity index is 765. The molecule has 0 saturated heterocycles. The Hall–Kier alpha value is -2.62. The number of anilines is 2. The molecule has 0 unspecified atom stereocenters. The fourth-order valence-electron chi connectivity index (χ4n) is 4.13. The Morgan fingerprint density at radius 1 is 0.500 bits per heavy atom. The van der Waals surface area contributed by atoms with E-state index < -0.39 is 0 Å². The number of rotatable bonds is 19. The molecule has 4 nitrogen and oxygen atoms in total.